The molecular weight excluding hydrogens is 248 g/mol. The molecule has 0 aliphatic carbocycles. The van der Waals surface area contributed by atoms with Crippen molar-refractivity contribution < 1.29 is 8.78 Å². The van der Waals surface area contributed by atoms with Crippen LogP contribution >= 0.6 is 0 Å². The Morgan fingerprint density at radius 1 is 0.895 bits per heavy atom. The molecule has 0 heterocycles. The van der Waals surface area contributed by atoms with E-state index in [1.165, 1.54) is 12.1 Å². The van der Waals surface area contributed by atoms with Crippen LogP contribution in [0.2, 0.25) is 0 Å². The summed E-state index contributed by atoms with van der Waals surface area (Å²) in [5, 5.41) is 0. The molecule has 5 heteroatoms. The number of hydrogen-bond acceptors (Lipinski definition) is 3. The molecular formula is C14H15F2N3. The van der Waals surface area contributed by atoms with Gasteiger partial charge in [0.05, 0.1) is 6.17 Å². The summed E-state index contributed by atoms with van der Waals surface area (Å²) in [6.07, 6.45) is -0.293. The second-order valence-electron chi connectivity index (χ2n) is 4.44. The summed E-state index contributed by atoms with van der Waals surface area (Å²) in [6, 6.07) is 8.65. The van der Waals surface area contributed by atoms with Crippen LogP contribution in [-0.4, -0.2) is 0 Å². The summed E-state index contributed by atoms with van der Waals surface area (Å²) in [6.45, 7) is 0. The minimum Gasteiger partial charge on any atom is -0.398 e. The predicted octanol–water partition coefficient (Wildman–Crippen LogP) is 2.05. The topological polar surface area (TPSA) is 78.1 Å². The molecule has 0 bridgehead atoms. The lowest BCUT2D eigenvalue weighted by Gasteiger charge is -2.12. The van der Waals surface area contributed by atoms with Crippen LogP contribution in [0.1, 0.15) is 22.9 Å². The van der Waals surface area contributed by atoms with Gasteiger partial charge < -0.3 is 17.2 Å². The molecule has 19 heavy (non-hydrogen) atoms. The van der Waals surface area contributed by atoms with E-state index in [0.29, 0.717) is 23.2 Å². The van der Waals surface area contributed by atoms with Crippen LogP contribution in [0.15, 0.2) is 36.4 Å². The van der Waals surface area contributed by atoms with Crippen LogP contribution in [0.5, 0.6) is 0 Å². The summed E-state index contributed by atoms with van der Waals surface area (Å²) in [5.41, 5.74) is 19.5. The predicted molar refractivity (Wildman–Crippen MR) is 71.1 cm³/mol. The highest BCUT2D eigenvalue weighted by Gasteiger charge is 2.07. The lowest BCUT2D eigenvalue weighted by Crippen LogP contribution is -2.21. The quantitative estimate of drug-likeness (QED) is 0.586. The van der Waals surface area contributed by atoms with E-state index in [2.05, 4.69) is 0 Å². The lowest BCUT2D eigenvalue weighted by atomic mass is 10.0. The normalized spacial score (nSPS) is 11.0. The number of hydrogen-bond donors (Lipinski definition) is 3. The van der Waals surface area contributed by atoms with Gasteiger partial charge in [0, 0.05) is 17.3 Å². The van der Waals surface area contributed by atoms with Crippen LogP contribution in [0.25, 0.3) is 0 Å². The molecule has 0 amide bonds. The van der Waals surface area contributed by atoms with Crippen molar-refractivity contribution in [2.45, 2.75) is 12.6 Å². The Kier molecular flexibility index (Phi) is 3.78. The molecule has 0 unspecified atom stereocenters. The molecule has 3 nitrogen and oxygen atoms in total. The maximum Gasteiger partial charge on any atom is 0.126 e. The van der Waals surface area contributed by atoms with E-state index in [4.69, 9.17) is 17.2 Å². The Morgan fingerprint density at radius 2 is 1.53 bits per heavy atom. The summed E-state index contributed by atoms with van der Waals surface area (Å²) >= 11 is 0. The first kappa shape index (κ1) is 13.5. The van der Waals surface area contributed by atoms with Gasteiger partial charge in [0.2, 0.25) is 0 Å². The number of nitrogen functional groups attached to an aromatic ring is 1. The average molecular weight is 263 g/mol. The number of benzene rings is 2. The Bertz CT molecular complexity index is 577. The molecule has 0 radical (unpaired) electrons. The summed E-state index contributed by atoms with van der Waals surface area (Å²) in [7, 11) is 0. The fraction of sp³-hybridized carbons (Fsp3) is 0.143. The van der Waals surface area contributed by atoms with Crippen molar-refractivity contribution in [3.05, 3.63) is 64.7 Å². The van der Waals surface area contributed by atoms with Crippen molar-refractivity contribution >= 4 is 5.69 Å². The number of halogens is 2. The molecule has 0 saturated heterocycles. The van der Waals surface area contributed by atoms with Crippen molar-refractivity contribution in [3.63, 3.8) is 0 Å². The zero-order valence-corrected chi connectivity index (χ0v) is 10.2. The monoisotopic (exact) mass is 263 g/mol. The summed E-state index contributed by atoms with van der Waals surface area (Å²) in [4.78, 5) is 0. The largest absolute Gasteiger partial charge is 0.398 e. The van der Waals surface area contributed by atoms with Gasteiger partial charge in [0.1, 0.15) is 11.6 Å². The second-order valence-corrected chi connectivity index (χ2v) is 4.44. The van der Waals surface area contributed by atoms with Crippen molar-refractivity contribution in [2.24, 2.45) is 11.5 Å². The SMILES string of the molecule is Nc1ccc(Cc2cc(F)cc(F)c2)cc1C(N)N. The van der Waals surface area contributed by atoms with Crippen LogP contribution < -0.4 is 17.2 Å². The molecule has 6 N–H and O–H groups in total. The number of rotatable bonds is 3. The van der Waals surface area contributed by atoms with Gasteiger partial charge in [0.25, 0.3) is 0 Å². The van der Waals surface area contributed by atoms with E-state index in [9.17, 15) is 8.78 Å². The Morgan fingerprint density at radius 3 is 2.11 bits per heavy atom. The molecule has 0 atom stereocenters. The van der Waals surface area contributed by atoms with E-state index in [1.54, 1.807) is 18.2 Å². The van der Waals surface area contributed by atoms with Crippen molar-refractivity contribution in [2.75, 3.05) is 5.73 Å². The average Bonchev–Trinajstić information content (AvgIpc) is 2.30. The molecule has 2 aromatic carbocycles. The number of anilines is 1. The zero-order valence-electron chi connectivity index (χ0n) is 10.2. The van der Waals surface area contributed by atoms with E-state index >= 15 is 0 Å². The number of nitrogens with two attached hydrogens (primary N) is 3. The second kappa shape index (κ2) is 5.34. The highest BCUT2D eigenvalue weighted by Crippen LogP contribution is 2.20. The van der Waals surface area contributed by atoms with Crippen molar-refractivity contribution in [1.82, 2.24) is 0 Å². The molecule has 2 rings (SSSR count). The Labute approximate surface area is 110 Å². The Balaban J connectivity index is 2.30. The van der Waals surface area contributed by atoms with Crippen LogP contribution in [0.3, 0.4) is 0 Å². The summed E-state index contributed by atoms with van der Waals surface area (Å²) in [5.74, 6) is -1.19. The van der Waals surface area contributed by atoms with Gasteiger partial charge in [-0.3, -0.25) is 0 Å². The first-order valence-electron chi connectivity index (χ1n) is 5.80. The van der Waals surface area contributed by atoms with Gasteiger partial charge in [-0.15, -0.1) is 0 Å². The van der Waals surface area contributed by atoms with E-state index in [0.717, 1.165) is 11.6 Å². The third-order valence-electron chi connectivity index (χ3n) is 2.84. The smallest absolute Gasteiger partial charge is 0.126 e. The van der Waals surface area contributed by atoms with E-state index < -0.39 is 17.8 Å². The maximum absolute atomic E-state index is 13.1. The summed E-state index contributed by atoms with van der Waals surface area (Å²) < 4.78 is 26.2. The first-order valence-corrected chi connectivity index (χ1v) is 5.80. The molecule has 0 aliphatic rings. The zero-order chi connectivity index (χ0) is 14.0. The third kappa shape index (κ3) is 3.27. The van der Waals surface area contributed by atoms with Gasteiger partial charge in [-0.05, 0) is 35.7 Å². The van der Waals surface area contributed by atoms with Crippen LogP contribution in [-0.2, 0) is 6.42 Å². The van der Waals surface area contributed by atoms with E-state index in [1.807, 2.05) is 0 Å². The van der Waals surface area contributed by atoms with Gasteiger partial charge in [-0.25, -0.2) is 8.78 Å². The van der Waals surface area contributed by atoms with Crippen molar-refractivity contribution in [3.8, 4) is 0 Å². The fourth-order valence-electron chi connectivity index (χ4n) is 1.97. The van der Waals surface area contributed by atoms with Crippen LogP contribution in [0, 0.1) is 11.6 Å². The molecule has 2 aromatic rings. The van der Waals surface area contributed by atoms with Gasteiger partial charge in [0.15, 0.2) is 0 Å². The lowest BCUT2D eigenvalue weighted by molar-refractivity contribution is 0.580. The highest BCUT2D eigenvalue weighted by molar-refractivity contribution is 5.50. The van der Waals surface area contributed by atoms with Gasteiger partial charge >= 0.3 is 0 Å². The standard InChI is InChI=1S/C14H15F2N3/c15-10-4-9(5-11(16)7-10)3-8-1-2-13(17)12(6-8)14(18)19/h1-2,4-7,14H,3,17-19H2. The maximum atomic E-state index is 13.1. The van der Waals surface area contributed by atoms with Gasteiger partial charge in [-0.1, -0.05) is 12.1 Å². The Hall–Kier alpha value is -1.98. The molecule has 100 valence electrons. The van der Waals surface area contributed by atoms with E-state index in [-0.39, 0.29) is 0 Å². The van der Waals surface area contributed by atoms with Crippen LogP contribution in [0.4, 0.5) is 14.5 Å². The molecule has 0 spiro atoms. The molecule has 0 fully saturated rings. The van der Waals surface area contributed by atoms with Gasteiger partial charge in [-0.2, -0.15) is 0 Å². The highest BCUT2D eigenvalue weighted by atomic mass is 19.1. The molecule has 0 aliphatic heterocycles. The molecule has 0 saturated carbocycles. The first-order chi connectivity index (χ1) is 8.95. The fourth-order valence-corrected chi connectivity index (χ4v) is 1.97. The van der Waals surface area contributed by atoms with Crippen molar-refractivity contribution in [1.29, 1.82) is 0 Å². The molecule has 0 aromatic heterocycles. The minimum atomic E-state index is -0.677. The minimum absolute atomic E-state index is 0.384. The third-order valence-corrected chi connectivity index (χ3v) is 2.84.